The molecule has 2 rings (SSSR count). The zero-order valence-electron chi connectivity index (χ0n) is 7.92. The zero-order chi connectivity index (χ0) is 8.72. The van der Waals surface area contributed by atoms with Gasteiger partial charge in [-0.2, -0.15) is 0 Å². The molecule has 1 amide bonds. The molecule has 2 fully saturated rings. The van der Waals surface area contributed by atoms with Crippen molar-refractivity contribution in [1.82, 2.24) is 4.90 Å². The molecule has 12 heavy (non-hydrogen) atoms. The van der Waals surface area contributed by atoms with Crippen LogP contribution in [0.1, 0.15) is 33.1 Å². The summed E-state index contributed by atoms with van der Waals surface area (Å²) in [7, 11) is 0. The first kappa shape index (κ1) is 8.09. The zero-order valence-corrected chi connectivity index (χ0v) is 7.92. The van der Waals surface area contributed by atoms with Gasteiger partial charge < -0.3 is 4.90 Å². The minimum atomic E-state index is 0.271. The highest BCUT2D eigenvalue weighted by molar-refractivity contribution is 5.81. The molecule has 0 aromatic heterocycles. The summed E-state index contributed by atoms with van der Waals surface area (Å²) in [6.45, 7) is 5.31. The quantitative estimate of drug-likeness (QED) is 0.537. The van der Waals surface area contributed by atoms with E-state index in [9.17, 15) is 4.79 Å². The van der Waals surface area contributed by atoms with Gasteiger partial charge in [0.25, 0.3) is 0 Å². The van der Waals surface area contributed by atoms with Gasteiger partial charge >= 0.3 is 0 Å². The summed E-state index contributed by atoms with van der Waals surface area (Å²) < 4.78 is 0. The van der Waals surface area contributed by atoms with Crippen molar-refractivity contribution in [1.29, 1.82) is 0 Å². The van der Waals surface area contributed by atoms with Crippen LogP contribution < -0.4 is 0 Å². The highest BCUT2D eigenvalue weighted by Gasteiger charge is 2.43. The van der Waals surface area contributed by atoms with E-state index in [0.717, 1.165) is 6.54 Å². The Labute approximate surface area is 73.9 Å². The maximum absolute atomic E-state index is 11.7. The summed E-state index contributed by atoms with van der Waals surface area (Å²) in [6.07, 6.45) is 3.75. The number of piperidine rings is 1. The summed E-state index contributed by atoms with van der Waals surface area (Å²) in [5.74, 6) is 1.25. The van der Waals surface area contributed by atoms with Crippen molar-refractivity contribution in [2.45, 2.75) is 39.2 Å². The lowest BCUT2D eigenvalue weighted by atomic mass is 9.90. The normalized spacial score (nSPS) is 41.7. The Morgan fingerprint density at radius 3 is 2.75 bits per heavy atom. The number of fused-ring (bicyclic) bond motifs is 1. The fourth-order valence-electron chi connectivity index (χ4n) is 2.60. The van der Waals surface area contributed by atoms with E-state index in [2.05, 4.69) is 18.7 Å². The van der Waals surface area contributed by atoms with Gasteiger partial charge in [0, 0.05) is 18.5 Å². The molecule has 2 heterocycles. The molecule has 2 heteroatoms. The number of carbonyl (C=O) groups excluding carboxylic acids is 1. The Kier molecular flexibility index (Phi) is 1.85. The lowest BCUT2D eigenvalue weighted by Gasteiger charge is -2.31. The first-order valence-corrected chi connectivity index (χ1v) is 5.02. The molecule has 0 aromatic carbocycles. The minimum Gasteiger partial charge on any atom is -0.339 e. The van der Waals surface area contributed by atoms with Crippen LogP contribution in [-0.4, -0.2) is 23.4 Å². The number of rotatable bonds is 0. The van der Waals surface area contributed by atoms with Crippen LogP contribution in [0.2, 0.25) is 0 Å². The molecule has 68 valence electrons. The van der Waals surface area contributed by atoms with Crippen molar-refractivity contribution in [2.75, 3.05) is 6.54 Å². The Balaban J connectivity index is 2.19. The number of hydrogen-bond acceptors (Lipinski definition) is 1. The average molecular weight is 167 g/mol. The lowest BCUT2D eigenvalue weighted by molar-refractivity contribution is -0.132. The SMILES string of the molecule is CC1C(=O)N2CCCC[C@H]2C1C. The van der Waals surface area contributed by atoms with Crippen molar-refractivity contribution >= 4 is 5.91 Å². The molecule has 2 aliphatic rings. The highest BCUT2D eigenvalue weighted by Crippen LogP contribution is 2.35. The Bertz CT molecular complexity index is 202. The van der Waals surface area contributed by atoms with Crippen LogP contribution >= 0.6 is 0 Å². The van der Waals surface area contributed by atoms with E-state index in [1.54, 1.807) is 0 Å². The molecule has 3 atom stereocenters. The maximum Gasteiger partial charge on any atom is 0.226 e. The van der Waals surface area contributed by atoms with Crippen LogP contribution in [0.25, 0.3) is 0 Å². The van der Waals surface area contributed by atoms with E-state index in [-0.39, 0.29) is 5.92 Å². The van der Waals surface area contributed by atoms with Crippen molar-refractivity contribution in [2.24, 2.45) is 11.8 Å². The first-order valence-electron chi connectivity index (χ1n) is 5.02. The lowest BCUT2D eigenvalue weighted by Crippen LogP contribution is -2.38. The molecule has 0 saturated carbocycles. The molecular weight excluding hydrogens is 150 g/mol. The van der Waals surface area contributed by atoms with Gasteiger partial charge in [0.15, 0.2) is 0 Å². The number of amides is 1. The number of carbonyl (C=O) groups is 1. The largest absolute Gasteiger partial charge is 0.339 e. The Morgan fingerprint density at radius 2 is 2.08 bits per heavy atom. The molecule has 0 radical (unpaired) electrons. The fourth-order valence-corrected chi connectivity index (χ4v) is 2.60. The molecule has 0 bridgehead atoms. The van der Waals surface area contributed by atoms with Gasteiger partial charge in [0.05, 0.1) is 0 Å². The molecule has 2 aliphatic heterocycles. The topological polar surface area (TPSA) is 20.3 Å². The molecule has 2 unspecified atom stereocenters. The monoisotopic (exact) mass is 167 g/mol. The summed E-state index contributed by atoms with van der Waals surface area (Å²) in [4.78, 5) is 13.8. The summed E-state index contributed by atoms with van der Waals surface area (Å²) in [5, 5.41) is 0. The average Bonchev–Trinajstić information content (AvgIpc) is 2.33. The second kappa shape index (κ2) is 2.75. The van der Waals surface area contributed by atoms with Crippen molar-refractivity contribution in [3.63, 3.8) is 0 Å². The highest BCUT2D eigenvalue weighted by atomic mass is 16.2. The van der Waals surface area contributed by atoms with Crippen LogP contribution in [0.3, 0.4) is 0 Å². The third-order valence-electron chi connectivity index (χ3n) is 3.62. The van der Waals surface area contributed by atoms with Gasteiger partial charge in [0.2, 0.25) is 5.91 Å². The van der Waals surface area contributed by atoms with Crippen LogP contribution in [0.15, 0.2) is 0 Å². The summed E-state index contributed by atoms with van der Waals surface area (Å²) in [6, 6.07) is 0.571. The van der Waals surface area contributed by atoms with Crippen LogP contribution in [0.5, 0.6) is 0 Å². The van der Waals surface area contributed by atoms with Gasteiger partial charge in [-0.1, -0.05) is 13.8 Å². The third-order valence-corrected chi connectivity index (χ3v) is 3.62. The predicted octanol–water partition coefficient (Wildman–Crippen LogP) is 1.65. The number of nitrogens with zero attached hydrogens (tertiary/aromatic N) is 1. The molecular formula is C10H17NO. The first-order chi connectivity index (χ1) is 5.72. The van der Waals surface area contributed by atoms with E-state index < -0.39 is 0 Å². The maximum atomic E-state index is 11.7. The van der Waals surface area contributed by atoms with Crippen molar-refractivity contribution in [3.05, 3.63) is 0 Å². The van der Waals surface area contributed by atoms with Gasteiger partial charge in [-0.05, 0) is 25.2 Å². The second-order valence-electron chi connectivity index (χ2n) is 4.24. The van der Waals surface area contributed by atoms with Crippen LogP contribution in [-0.2, 0) is 4.79 Å². The smallest absolute Gasteiger partial charge is 0.226 e. The predicted molar refractivity (Wildman–Crippen MR) is 47.7 cm³/mol. The second-order valence-corrected chi connectivity index (χ2v) is 4.24. The molecule has 0 N–H and O–H groups in total. The van der Waals surface area contributed by atoms with Gasteiger partial charge in [0.1, 0.15) is 0 Å². The fraction of sp³-hybridized carbons (Fsp3) is 0.900. The molecule has 0 aromatic rings. The Hall–Kier alpha value is -0.530. The van der Waals surface area contributed by atoms with E-state index in [4.69, 9.17) is 0 Å². The molecule has 0 spiro atoms. The van der Waals surface area contributed by atoms with E-state index in [0.29, 0.717) is 17.9 Å². The summed E-state index contributed by atoms with van der Waals surface area (Å²) in [5.41, 5.74) is 0. The minimum absolute atomic E-state index is 0.271. The Morgan fingerprint density at radius 1 is 1.33 bits per heavy atom. The molecule has 2 saturated heterocycles. The third kappa shape index (κ3) is 0.970. The van der Waals surface area contributed by atoms with Crippen LogP contribution in [0, 0.1) is 11.8 Å². The van der Waals surface area contributed by atoms with Crippen molar-refractivity contribution in [3.8, 4) is 0 Å². The molecule has 2 nitrogen and oxygen atoms in total. The van der Waals surface area contributed by atoms with Gasteiger partial charge in [-0.25, -0.2) is 0 Å². The number of hydrogen-bond donors (Lipinski definition) is 0. The van der Waals surface area contributed by atoms with Gasteiger partial charge in [-0.3, -0.25) is 4.79 Å². The molecule has 0 aliphatic carbocycles. The van der Waals surface area contributed by atoms with Crippen molar-refractivity contribution < 1.29 is 4.79 Å². The summed E-state index contributed by atoms with van der Waals surface area (Å²) >= 11 is 0. The van der Waals surface area contributed by atoms with E-state index >= 15 is 0 Å². The van der Waals surface area contributed by atoms with E-state index in [1.165, 1.54) is 19.3 Å². The van der Waals surface area contributed by atoms with E-state index in [1.807, 2.05) is 0 Å². The van der Waals surface area contributed by atoms with Gasteiger partial charge in [-0.15, -0.1) is 0 Å². The van der Waals surface area contributed by atoms with Crippen LogP contribution in [0.4, 0.5) is 0 Å². The standard InChI is InChI=1S/C10H17NO/c1-7-8(2)10(12)11-6-4-3-5-9(7)11/h7-9H,3-6H2,1-2H3/t7?,8?,9-/m0/s1.